The fourth-order valence-electron chi connectivity index (χ4n) is 2.42. The lowest BCUT2D eigenvalue weighted by Gasteiger charge is -2.32. The molecule has 4 nitrogen and oxygen atoms in total. The molecule has 0 spiro atoms. The van der Waals surface area contributed by atoms with Gasteiger partial charge in [-0.2, -0.15) is 0 Å². The number of nitrogens with zero attached hydrogens (tertiary/aromatic N) is 2. The van der Waals surface area contributed by atoms with E-state index in [4.69, 9.17) is 0 Å². The van der Waals surface area contributed by atoms with Crippen molar-refractivity contribution in [1.29, 1.82) is 0 Å². The Kier molecular flexibility index (Phi) is 4.22. The Morgan fingerprint density at radius 2 is 2.17 bits per heavy atom. The number of rotatable bonds is 2. The van der Waals surface area contributed by atoms with Gasteiger partial charge in [0.2, 0.25) is 5.91 Å². The van der Waals surface area contributed by atoms with Gasteiger partial charge in [-0.15, -0.1) is 0 Å². The molecule has 1 aromatic rings. The molecule has 1 amide bonds. The van der Waals surface area contributed by atoms with Gasteiger partial charge in [0.15, 0.2) is 0 Å². The highest BCUT2D eigenvalue weighted by molar-refractivity contribution is 9.10. The third-order valence-corrected chi connectivity index (χ3v) is 3.86. The largest absolute Gasteiger partial charge is 0.359 e. The first-order valence-electron chi connectivity index (χ1n) is 6.20. The predicted octanol–water partition coefficient (Wildman–Crippen LogP) is 2.11. The highest BCUT2D eigenvalue weighted by Crippen LogP contribution is 2.25. The molecule has 2 heterocycles. The van der Waals surface area contributed by atoms with Crippen LogP contribution in [0.25, 0.3) is 0 Å². The Balaban J connectivity index is 2.03. The number of aryl methyl sites for hydroxylation is 1. The molecule has 1 saturated heterocycles. The van der Waals surface area contributed by atoms with Crippen molar-refractivity contribution in [3.8, 4) is 0 Å². The van der Waals surface area contributed by atoms with Crippen LogP contribution in [0.4, 0.5) is 5.82 Å². The maximum Gasteiger partial charge on any atom is 0.222 e. The van der Waals surface area contributed by atoms with Crippen LogP contribution in [-0.2, 0) is 4.79 Å². The Hall–Kier alpha value is -1.10. The molecule has 0 radical (unpaired) electrons. The van der Waals surface area contributed by atoms with Crippen molar-refractivity contribution in [1.82, 2.24) is 10.3 Å². The van der Waals surface area contributed by atoms with Crippen LogP contribution in [0.1, 0.15) is 18.4 Å². The number of carbonyl (C=O) groups excluding carboxylic acids is 1. The summed E-state index contributed by atoms with van der Waals surface area (Å²) < 4.78 is 1.00. The Morgan fingerprint density at radius 1 is 1.50 bits per heavy atom. The van der Waals surface area contributed by atoms with Crippen molar-refractivity contribution in [2.45, 2.75) is 19.8 Å². The normalized spacial score (nSPS) is 16.7. The van der Waals surface area contributed by atoms with Crippen molar-refractivity contribution in [2.75, 3.05) is 25.0 Å². The summed E-state index contributed by atoms with van der Waals surface area (Å²) in [5, 5.41) is 2.73. The van der Waals surface area contributed by atoms with Crippen LogP contribution in [-0.4, -0.2) is 31.0 Å². The number of nitrogens with one attached hydrogen (secondary N) is 1. The van der Waals surface area contributed by atoms with Crippen LogP contribution in [0.5, 0.6) is 0 Å². The molecular weight excluding hydrogens is 294 g/mol. The molecule has 18 heavy (non-hydrogen) atoms. The molecule has 98 valence electrons. The monoisotopic (exact) mass is 311 g/mol. The third kappa shape index (κ3) is 2.83. The number of halogens is 1. The molecule has 1 aliphatic heterocycles. The topological polar surface area (TPSA) is 45.2 Å². The van der Waals surface area contributed by atoms with E-state index in [0.717, 1.165) is 36.2 Å². The highest BCUT2D eigenvalue weighted by Gasteiger charge is 2.25. The van der Waals surface area contributed by atoms with E-state index in [-0.39, 0.29) is 11.8 Å². The van der Waals surface area contributed by atoms with Gasteiger partial charge in [0.1, 0.15) is 5.82 Å². The second-order valence-corrected chi connectivity index (χ2v) is 5.59. The molecule has 5 heteroatoms. The molecule has 0 bridgehead atoms. The van der Waals surface area contributed by atoms with E-state index in [1.54, 1.807) is 7.05 Å². The number of aromatic nitrogens is 1. The highest BCUT2D eigenvalue weighted by atomic mass is 79.9. The second kappa shape index (κ2) is 5.69. The molecule has 0 saturated carbocycles. The first kappa shape index (κ1) is 13.3. The van der Waals surface area contributed by atoms with Crippen molar-refractivity contribution < 1.29 is 4.79 Å². The Labute approximate surface area is 116 Å². The number of hydrogen-bond acceptors (Lipinski definition) is 3. The minimum absolute atomic E-state index is 0.155. The van der Waals surface area contributed by atoms with Gasteiger partial charge in [-0.1, -0.05) is 0 Å². The molecule has 0 atom stereocenters. The predicted molar refractivity (Wildman–Crippen MR) is 75.7 cm³/mol. The average molecular weight is 312 g/mol. The van der Waals surface area contributed by atoms with E-state index in [1.807, 2.05) is 6.20 Å². The lowest BCUT2D eigenvalue weighted by molar-refractivity contribution is -0.125. The number of pyridine rings is 1. The summed E-state index contributed by atoms with van der Waals surface area (Å²) in [4.78, 5) is 18.3. The molecular formula is C13H18BrN3O. The van der Waals surface area contributed by atoms with Crippen molar-refractivity contribution >= 4 is 27.7 Å². The molecule has 1 aromatic heterocycles. The number of piperidine rings is 1. The molecule has 0 aromatic carbocycles. The Bertz CT molecular complexity index is 442. The van der Waals surface area contributed by atoms with E-state index in [1.165, 1.54) is 5.56 Å². The van der Waals surface area contributed by atoms with Gasteiger partial charge in [0.25, 0.3) is 0 Å². The maximum atomic E-state index is 11.6. The molecule has 1 aliphatic rings. The SMILES string of the molecule is CNC(=O)C1CCN(c2ncc(Br)cc2C)CC1. The fourth-order valence-corrected chi connectivity index (χ4v) is 2.87. The van der Waals surface area contributed by atoms with Crippen LogP contribution in [0.2, 0.25) is 0 Å². The van der Waals surface area contributed by atoms with Crippen molar-refractivity contribution in [2.24, 2.45) is 5.92 Å². The molecule has 2 rings (SSSR count). The summed E-state index contributed by atoms with van der Waals surface area (Å²) in [5.41, 5.74) is 1.17. The van der Waals surface area contributed by atoms with E-state index in [2.05, 4.69) is 44.1 Å². The van der Waals surface area contributed by atoms with Gasteiger partial charge in [0.05, 0.1) is 0 Å². The first-order valence-corrected chi connectivity index (χ1v) is 7.00. The first-order chi connectivity index (χ1) is 8.61. The van der Waals surface area contributed by atoms with Gasteiger partial charge in [-0.3, -0.25) is 4.79 Å². The minimum Gasteiger partial charge on any atom is -0.359 e. The van der Waals surface area contributed by atoms with Crippen LogP contribution >= 0.6 is 15.9 Å². The summed E-state index contributed by atoms with van der Waals surface area (Å²) in [5.74, 6) is 1.35. The molecule has 1 fully saturated rings. The van der Waals surface area contributed by atoms with Gasteiger partial charge < -0.3 is 10.2 Å². The van der Waals surface area contributed by atoms with E-state index in [9.17, 15) is 4.79 Å². The van der Waals surface area contributed by atoms with Gasteiger partial charge in [0, 0.05) is 36.7 Å². The van der Waals surface area contributed by atoms with E-state index in [0.29, 0.717) is 0 Å². The van der Waals surface area contributed by atoms with Gasteiger partial charge in [-0.05, 0) is 47.3 Å². The van der Waals surface area contributed by atoms with E-state index < -0.39 is 0 Å². The molecule has 1 N–H and O–H groups in total. The standard InChI is InChI=1S/C13H18BrN3O/c1-9-7-11(14)8-16-12(9)17-5-3-10(4-6-17)13(18)15-2/h7-8,10H,3-6H2,1-2H3,(H,15,18). The summed E-state index contributed by atoms with van der Waals surface area (Å²) >= 11 is 3.42. The number of anilines is 1. The lowest BCUT2D eigenvalue weighted by atomic mass is 9.96. The smallest absolute Gasteiger partial charge is 0.222 e. The second-order valence-electron chi connectivity index (χ2n) is 4.67. The summed E-state index contributed by atoms with van der Waals surface area (Å²) in [6, 6.07) is 2.08. The number of amides is 1. The molecule has 0 aliphatic carbocycles. The summed E-state index contributed by atoms with van der Waals surface area (Å²) in [6.45, 7) is 3.86. The Morgan fingerprint density at radius 3 is 2.72 bits per heavy atom. The van der Waals surface area contributed by atoms with Crippen molar-refractivity contribution in [3.63, 3.8) is 0 Å². The summed E-state index contributed by atoms with van der Waals surface area (Å²) in [7, 11) is 1.70. The van der Waals surface area contributed by atoms with Crippen LogP contribution in [0.3, 0.4) is 0 Å². The zero-order valence-electron chi connectivity index (χ0n) is 10.7. The van der Waals surface area contributed by atoms with E-state index >= 15 is 0 Å². The minimum atomic E-state index is 0.155. The van der Waals surface area contributed by atoms with Gasteiger partial charge in [-0.25, -0.2) is 4.98 Å². The average Bonchev–Trinajstić information content (AvgIpc) is 2.38. The zero-order valence-corrected chi connectivity index (χ0v) is 12.3. The quantitative estimate of drug-likeness (QED) is 0.910. The lowest BCUT2D eigenvalue weighted by Crippen LogP contribution is -2.40. The fraction of sp³-hybridized carbons (Fsp3) is 0.538. The zero-order chi connectivity index (χ0) is 13.1. The third-order valence-electron chi connectivity index (χ3n) is 3.43. The maximum absolute atomic E-state index is 11.6. The van der Waals surface area contributed by atoms with Crippen molar-refractivity contribution in [3.05, 3.63) is 22.3 Å². The molecule has 0 unspecified atom stereocenters. The van der Waals surface area contributed by atoms with Crippen LogP contribution in [0, 0.1) is 12.8 Å². The van der Waals surface area contributed by atoms with Gasteiger partial charge >= 0.3 is 0 Å². The number of carbonyl (C=O) groups is 1. The summed E-state index contributed by atoms with van der Waals surface area (Å²) in [6.07, 6.45) is 3.63. The van der Waals surface area contributed by atoms with Crippen LogP contribution in [0.15, 0.2) is 16.7 Å². The number of hydrogen-bond donors (Lipinski definition) is 1. The van der Waals surface area contributed by atoms with Crippen LogP contribution < -0.4 is 10.2 Å².